The number of rotatable bonds is 3. The Morgan fingerprint density at radius 2 is 2.05 bits per heavy atom. The van der Waals surface area contributed by atoms with Crippen LogP contribution in [0.5, 0.6) is 0 Å². The average Bonchev–Trinajstić information content (AvgIpc) is 2.37. The Labute approximate surface area is 130 Å². The van der Waals surface area contributed by atoms with Crippen molar-refractivity contribution in [1.29, 1.82) is 0 Å². The van der Waals surface area contributed by atoms with Gasteiger partial charge in [0.1, 0.15) is 0 Å². The number of pyridine rings is 1. The highest BCUT2D eigenvalue weighted by molar-refractivity contribution is 9.10. The molecular formula is C13H12BrN3O3S. The number of anilines is 1. The van der Waals surface area contributed by atoms with Crippen molar-refractivity contribution in [1.82, 2.24) is 4.98 Å². The standard InChI is InChI=1S/C13H12BrN3O3S/c1-8-10(3-2-6-16-8)13(18)17-9-4-5-12(11(14)7-9)21(15,19)20/h2-7H,1H3,(H,17,18)(H2,15,19,20). The molecule has 0 fully saturated rings. The third-order valence-corrected chi connectivity index (χ3v) is 4.64. The lowest BCUT2D eigenvalue weighted by Gasteiger charge is -2.09. The largest absolute Gasteiger partial charge is 0.322 e. The third kappa shape index (κ3) is 3.66. The van der Waals surface area contributed by atoms with E-state index in [0.717, 1.165) is 0 Å². The smallest absolute Gasteiger partial charge is 0.257 e. The maximum absolute atomic E-state index is 12.1. The minimum Gasteiger partial charge on any atom is -0.322 e. The van der Waals surface area contributed by atoms with E-state index in [4.69, 9.17) is 5.14 Å². The van der Waals surface area contributed by atoms with Gasteiger partial charge in [-0.2, -0.15) is 0 Å². The van der Waals surface area contributed by atoms with Gasteiger partial charge in [0.2, 0.25) is 10.0 Å². The van der Waals surface area contributed by atoms with Crippen LogP contribution in [0, 0.1) is 6.92 Å². The monoisotopic (exact) mass is 369 g/mol. The van der Waals surface area contributed by atoms with Gasteiger partial charge in [-0.1, -0.05) is 0 Å². The molecule has 3 N–H and O–H groups in total. The van der Waals surface area contributed by atoms with E-state index in [-0.39, 0.29) is 15.3 Å². The number of nitrogens with zero attached hydrogens (tertiary/aromatic N) is 1. The summed E-state index contributed by atoms with van der Waals surface area (Å²) < 4.78 is 22.9. The maximum atomic E-state index is 12.1. The van der Waals surface area contributed by atoms with Crippen molar-refractivity contribution in [3.05, 3.63) is 52.3 Å². The predicted molar refractivity (Wildman–Crippen MR) is 82.4 cm³/mol. The Balaban J connectivity index is 2.27. The van der Waals surface area contributed by atoms with Crippen LogP contribution in [0.3, 0.4) is 0 Å². The number of benzene rings is 1. The highest BCUT2D eigenvalue weighted by Crippen LogP contribution is 2.25. The number of nitrogens with one attached hydrogen (secondary N) is 1. The third-order valence-electron chi connectivity index (χ3n) is 2.75. The minimum atomic E-state index is -3.81. The maximum Gasteiger partial charge on any atom is 0.257 e. The number of hydrogen-bond acceptors (Lipinski definition) is 4. The number of primary sulfonamides is 1. The van der Waals surface area contributed by atoms with Crippen LogP contribution in [-0.4, -0.2) is 19.3 Å². The zero-order chi connectivity index (χ0) is 15.6. The Kier molecular flexibility index (Phi) is 4.40. The number of carbonyl (C=O) groups is 1. The molecule has 1 amide bonds. The first-order chi connectivity index (χ1) is 9.79. The quantitative estimate of drug-likeness (QED) is 0.863. The molecule has 6 nitrogen and oxygen atoms in total. The molecule has 2 aromatic rings. The van der Waals surface area contributed by atoms with Crippen molar-refractivity contribution in [2.45, 2.75) is 11.8 Å². The molecule has 8 heteroatoms. The van der Waals surface area contributed by atoms with Crippen molar-refractivity contribution in [3.8, 4) is 0 Å². The number of aromatic nitrogens is 1. The Morgan fingerprint density at radius 3 is 2.62 bits per heavy atom. The first-order valence-electron chi connectivity index (χ1n) is 5.84. The number of sulfonamides is 1. The number of aryl methyl sites for hydroxylation is 1. The minimum absolute atomic E-state index is 0.0435. The van der Waals surface area contributed by atoms with Crippen LogP contribution >= 0.6 is 15.9 Å². The fourth-order valence-corrected chi connectivity index (χ4v) is 3.38. The summed E-state index contributed by atoms with van der Waals surface area (Å²) in [5.41, 5.74) is 1.50. The second kappa shape index (κ2) is 5.92. The van der Waals surface area contributed by atoms with E-state index < -0.39 is 10.0 Å². The van der Waals surface area contributed by atoms with Gasteiger partial charge in [0, 0.05) is 22.1 Å². The van der Waals surface area contributed by atoms with Gasteiger partial charge in [-0.3, -0.25) is 9.78 Å². The van der Waals surface area contributed by atoms with Crippen molar-refractivity contribution in [2.24, 2.45) is 5.14 Å². The highest BCUT2D eigenvalue weighted by atomic mass is 79.9. The van der Waals surface area contributed by atoms with Gasteiger partial charge in [-0.05, 0) is 53.2 Å². The second-order valence-corrected chi connectivity index (χ2v) is 6.66. The summed E-state index contributed by atoms with van der Waals surface area (Å²) in [7, 11) is -3.81. The molecular weight excluding hydrogens is 358 g/mol. The zero-order valence-corrected chi connectivity index (χ0v) is 13.4. The topological polar surface area (TPSA) is 102 Å². The van der Waals surface area contributed by atoms with Gasteiger partial charge in [0.25, 0.3) is 5.91 Å². The van der Waals surface area contributed by atoms with E-state index in [2.05, 4.69) is 26.2 Å². The fraction of sp³-hybridized carbons (Fsp3) is 0.0769. The van der Waals surface area contributed by atoms with E-state index in [1.807, 2.05) is 0 Å². The van der Waals surface area contributed by atoms with Crippen LogP contribution in [0.1, 0.15) is 16.1 Å². The van der Waals surface area contributed by atoms with Crippen LogP contribution < -0.4 is 10.5 Å². The summed E-state index contributed by atoms with van der Waals surface area (Å²) in [6.45, 7) is 1.73. The van der Waals surface area contributed by atoms with Gasteiger partial charge in [-0.15, -0.1) is 0 Å². The van der Waals surface area contributed by atoms with Crippen LogP contribution in [0.15, 0.2) is 45.9 Å². The van der Waals surface area contributed by atoms with Gasteiger partial charge >= 0.3 is 0 Å². The lowest BCUT2D eigenvalue weighted by atomic mass is 10.2. The number of nitrogens with two attached hydrogens (primary N) is 1. The first kappa shape index (κ1) is 15.6. The van der Waals surface area contributed by atoms with E-state index in [9.17, 15) is 13.2 Å². The number of amides is 1. The van der Waals surface area contributed by atoms with Gasteiger partial charge in [0.05, 0.1) is 10.5 Å². The molecule has 0 radical (unpaired) electrons. The first-order valence-corrected chi connectivity index (χ1v) is 8.18. The molecule has 0 aliphatic carbocycles. The molecule has 0 bridgehead atoms. The summed E-state index contributed by atoms with van der Waals surface area (Å²) in [6.07, 6.45) is 1.60. The van der Waals surface area contributed by atoms with Gasteiger partial charge in [0.15, 0.2) is 0 Å². The fourth-order valence-electron chi connectivity index (χ4n) is 1.73. The summed E-state index contributed by atoms with van der Waals surface area (Å²) >= 11 is 3.12. The highest BCUT2D eigenvalue weighted by Gasteiger charge is 2.14. The Hall–Kier alpha value is -1.77. The Bertz CT molecular complexity index is 806. The SMILES string of the molecule is Cc1ncccc1C(=O)Nc1ccc(S(N)(=O)=O)c(Br)c1. The zero-order valence-electron chi connectivity index (χ0n) is 11.0. The number of carbonyl (C=O) groups excluding carboxylic acids is 1. The average molecular weight is 370 g/mol. The van der Waals surface area contributed by atoms with Crippen molar-refractivity contribution in [2.75, 3.05) is 5.32 Å². The summed E-state index contributed by atoms with van der Waals surface area (Å²) in [5, 5.41) is 7.74. The van der Waals surface area contributed by atoms with E-state index in [1.54, 1.807) is 25.3 Å². The lowest BCUT2D eigenvalue weighted by Crippen LogP contribution is -2.15. The molecule has 1 aromatic carbocycles. The molecule has 0 aliphatic rings. The summed E-state index contributed by atoms with van der Waals surface area (Å²) in [6, 6.07) is 7.59. The van der Waals surface area contributed by atoms with Crippen molar-refractivity contribution in [3.63, 3.8) is 0 Å². The molecule has 1 heterocycles. The molecule has 2 rings (SSSR count). The van der Waals surface area contributed by atoms with Crippen LogP contribution in [0.2, 0.25) is 0 Å². The summed E-state index contributed by atoms with van der Waals surface area (Å²) in [4.78, 5) is 16.1. The van der Waals surface area contributed by atoms with Crippen LogP contribution in [-0.2, 0) is 10.0 Å². The van der Waals surface area contributed by atoms with Crippen molar-refractivity contribution < 1.29 is 13.2 Å². The van der Waals surface area contributed by atoms with Crippen molar-refractivity contribution >= 4 is 37.5 Å². The molecule has 21 heavy (non-hydrogen) atoms. The second-order valence-electron chi connectivity index (χ2n) is 4.28. The molecule has 110 valence electrons. The van der Waals surface area contributed by atoms with Gasteiger partial charge in [-0.25, -0.2) is 13.6 Å². The van der Waals surface area contributed by atoms with E-state index in [0.29, 0.717) is 16.9 Å². The molecule has 0 unspecified atom stereocenters. The Morgan fingerprint density at radius 1 is 1.33 bits per heavy atom. The molecule has 0 aliphatic heterocycles. The van der Waals surface area contributed by atoms with E-state index in [1.165, 1.54) is 18.2 Å². The molecule has 0 saturated heterocycles. The van der Waals surface area contributed by atoms with Crippen LogP contribution in [0.4, 0.5) is 5.69 Å². The lowest BCUT2D eigenvalue weighted by molar-refractivity contribution is 0.102. The van der Waals surface area contributed by atoms with Crippen LogP contribution in [0.25, 0.3) is 0 Å². The van der Waals surface area contributed by atoms with Gasteiger partial charge < -0.3 is 5.32 Å². The number of hydrogen-bond donors (Lipinski definition) is 2. The molecule has 1 aromatic heterocycles. The predicted octanol–water partition coefficient (Wildman–Crippen LogP) is 2.05. The molecule has 0 saturated carbocycles. The molecule has 0 spiro atoms. The summed E-state index contributed by atoms with van der Waals surface area (Å²) in [5.74, 6) is -0.323. The van der Waals surface area contributed by atoms with E-state index >= 15 is 0 Å². The molecule has 0 atom stereocenters. The number of halogens is 1. The normalized spacial score (nSPS) is 11.2.